The second-order valence-corrected chi connectivity index (χ2v) is 5.33. The molecule has 100 valence electrons. The Labute approximate surface area is 107 Å². The molecule has 18 heavy (non-hydrogen) atoms. The molecule has 5 nitrogen and oxygen atoms in total. The highest BCUT2D eigenvalue weighted by molar-refractivity contribution is 5.70. The molecule has 2 heterocycles. The third kappa shape index (κ3) is 3.10. The quantitative estimate of drug-likeness (QED) is 0.886. The fourth-order valence-electron chi connectivity index (χ4n) is 2.40. The van der Waals surface area contributed by atoms with Crippen LogP contribution in [0.4, 0.5) is 0 Å². The van der Waals surface area contributed by atoms with E-state index in [1.165, 1.54) is 0 Å². The third-order valence-electron chi connectivity index (χ3n) is 3.45. The number of rotatable bonds is 4. The van der Waals surface area contributed by atoms with Gasteiger partial charge in [0.05, 0.1) is 12.1 Å². The molecule has 0 aliphatic carbocycles. The van der Waals surface area contributed by atoms with Gasteiger partial charge in [-0.15, -0.1) is 0 Å². The summed E-state index contributed by atoms with van der Waals surface area (Å²) in [6, 6.07) is 0.367. The minimum absolute atomic E-state index is 0.209. The summed E-state index contributed by atoms with van der Waals surface area (Å²) in [5.74, 6) is -0.878. The van der Waals surface area contributed by atoms with Crippen LogP contribution in [-0.4, -0.2) is 38.8 Å². The van der Waals surface area contributed by atoms with Crippen molar-refractivity contribution in [3.63, 3.8) is 0 Å². The standard InChI is InChI=1S/C13H21N3O2/c1-10(2)16-8-11(6-14-16)7-15-5-3-4-12(9-15)13(17)18/h6,8,10,12H,3-5,7,9H2,1-2H3,(H,17,18). The summed E-state index contributed by atoms with van der Waals surface area (Å²) in [7, 11) is 0. The normalized spacial score (nSPS) is 21.4. The Hall–Kier alpha value is -1.36. The van der Waals surface area contributed by atoms with Crippen LogP contribution >= 0.6 is 0 Å². The molecule has 1 aromatic heterocycles. The molecule has 1 unspecified atom stereocenters. The van der Waals surface area contributed by atoms with E-state index in [1.54, 1.807) is 0 Å². The van der Waals surface area contributed by atoms with Crippen molar-refractivity contribution in [3.8, 4) is 0 Å². The van der Waals surface area contributed by atoms with Crippen LogP contribution in [0.3, 0.4) is 0 Å². The molecule has 1 N–H and O–H groups in total. The van der Waals surface area contributed by atoms with Gasteiger partial charge in [-0.05, 0) is 33.2 Å². The van der Waals surface area contributed by atoms with Crippen LogP contribution in [0.5, 0.6) is 0 Å². The van der Waals surface area contributed by atoms with Crippen LogP contribution < -0.4 is 0 Å². The number of hydrogen-bond acceptors (Lipinski definition) is 3. The van der Waals surface area contributed by atoms with Crippen molar-refractivity contribution in [2.24, 2.45) is 5.92 Å². The van der Waals surface area contributed by atoms with Gasteiger partial charge in [-0.3, -0.25) is 14.4 Å². The summed E-state index contributed by atoms with van der Waals surface area (Å²) in [5.41, 5.74) is 1.16. The van der Waals surface area contributed by atoms with Crippen molar-refractivity contribution in [1.82, 2.24) is 14.7 Å². The summed E-state index contributed by atoms with van der Waals surface area (Å²) in [6.45, 7) is 6.63. The molecule has 1 atom stereocenters. The molecule has 0 radical (unpaired) electrons. The highest BCUT2D eigenvalue weighted by atomic mass is 16.4. The van der Waals surface area contributed by atoms with Gasteiger partial charge >= 0.3 is 5.97 Å². The molecule has 1 saturated heterocycles. The second-order valence-electron chi connectivity index (χ2n) is 5.33. The zero-order valence-electron chi connectivity index (χ0n) is 11.0. The van der Waals surface area contributed by atoms with E-state index < -0.39 is 5.97 Å². The topological polar surface area (TPSA) is 58.4 Å². The molecule has 5 heteroatoms. The minimum atomic E-state index is -0.669. The smallest absolute Gasteiger partial charge is 0.307 e. The highest BCUT2D eigenvalue weighted by Crippen LogP contribution is 2.18. The summed E-state index contributed by atoms with van der Waals surface area (Å²) in [4.78, 5) is 13.2. The lowest BCUT2D eigenvalue weighted by Crippen LogP contribution is -2.38. The van der Waals surface area contributed by atoms with E-state index in [1.807, 2.05) is 10.9 Å². The molecule has 1 aliphatic rings. The number of carboxylic acid groups (broad SMARTS) is 1. The van der Waals surface area contributed by atoms with Crippen LogP contribution in [0.2, 0.25) is 0 Å². The molecule has 0 aromatic carbocycles. The number of aromatic nitrogens is 2. The molecule has 0 spiro atoms. The number of hydrogen-bond donors (Lipinski definition) is 1. The van der Waals surface area contributed by atoms with Gasteiger partial charge < -0.3 is 5.11 Å². The van der Waals surface area contributed by atoms with E-state index in [0.717, 1.165) is 31.5 Å². The van der Waals surface area contributed by atoms with E-state index >= 15 is 0 Å². The Balaban J connectivity index is 1.94. The van der Waals surface area contributed by atoms with Crippen molar-refractivity contribution < 1.29 is 9.90 Å². The van der Waals surface area contributed by atoms with Crippen molar-refractivity contribution in [2.75, 3.05) is 13.1 Å². The Morgan fingerprint density at radius 1 is 1.61 bits per heavy atom. The Morgan fingerprint density at radius 2 is 2.39 bits per heavy atom. The van der Waals surface area contributed by atoms with Crippen molar-refractivity contribution in [1.29, 1.82) is 0 Å². The lowest BCUT2D eigenvalue weighted by atomic mass is 9.98. The van der Waals surface area contributed by atoms with Gasteiger partial charge in [-0.1, -0.05) is 0 Å². The first-order valence-electron chi connectivity index (χ1n) is 6.54. The fourth-order valence-corrected chi connectivity index (χ4v) is 2.40. The van der Waals surface area contributed by atoms with E-state index in [9.17, 15) is 4.79 Å². The first-order chi connectivity index (χ1) is 8.56. The molecular weight excluding hydrogens is 230 g/mol. The minimum Gasteiger partial charge on any atom is -0.481 e. The van der Waals surface area contributed by atoms with Crippen molar-refractivity contribution in [2.45, 2.75) is 39.3 Å². The van der Waals surface area contributed by atoms with Crippen LogP contribution in [0, 0.1) is 5.92 Å². The number of nitrogens with zero attached hydrogens (tertiary/aromatic N) is 3. The number of carbonyl (C=O) groups is 1. The summed E-state index contributed by atoms with van der Waals surface area (Å²) in [5, 5.41) is 13.4. The van der Waals surface area contributed by atoms with E-state index in [2.05, 4.69) is 30.0 Å². The zero-order valence-corrected chi connectivity index (χ0v) is 11.0. The SMILES string of the molecule is CC(C)n1cc(CN2CCCC(C(=O)O)C2)cn1. The van der Waals surface area contributed by atoms with Crippen LogP contribution in [0.1, 0.15) is 38.3 Å². The number of piperidine rings is 1. The predicted molar refractivity (Wildman–Crippen MR) is 68.2 cm³/mol. The average molecular weight is 251 g/mol. The lowest BCUT2D eigenvalue weighted by Gasteiger charge is -2.30. The Morgan fingerprint density at radius 3 is 3.00 bits per heavy atom. The monoisotopic (exact) mass is 251 g/mol. The molecule has 1 fully saturated rings. The lowest BCUT2D eigenvalue weighted by molar-refractivity contribution is -0.143. The van der Waals surface area contributed by atoms with Gasteiger partial charge in [0.25, 0.3) is 0 Å². The fraction of sp³-hybridized carbons (Fsp3) is 0.692. The zero-order chi connectivity index (χ0) is 13.1. The molecule has 0 saturated carbocycles. The van der Waals surface area contributed by atoms with Gasteiger partial charge in [0.1, 0.15) is 0 Å². The van der Waals surface area contributed by atoms with Crippen molar-refractivity contribution in [3.05, 3.63) is 18.0 Å². The van der Waals surface area contributed by atoms with E-state index in [-0.39, 0.29) is 5.92 Å². The van der Waals surface area contributed by atoms with Gasteiger partial charge in [-0.2, -0.15) is 5.10 Å². The predicted octanol–water partition coefficient (Wildman–Crippen LogP) is 1.76. The molecule has 1 aliphatic heterocycles. The molecule has 2 rings (SSSR count). The van der Waals surface area contributed by atoms with Crippen LogP contribution in [0.25, 0.3) is 0 Å². The van der Waals surface area contributed by atoms with Crippen molar-refractivity contribution >= 4 is 5.97 Å². The van der Waals surface area contributed by atoms with Gasteiger partial charge in [0.2, 0.25) is 0 Å². The maximum Gasteiger partial charge on any atom is 0.307 e. The summed E-state index contributed by atoms with van der Waals surface area (Å²) < 4.78 is 1.94. The maximum absolute atomic E-state index is 11.0. The van der Waals surface area contributed by atoms with E-state index in [4.69, 9.17) is 5.11 Å². The van der Waals surface area contributed by atoms with Crippen LogP contribution in [0.15, 0.2) is 12.4 Å². The number of likely N-dealkylation sites (tertiary alicyclic amines) is 1. The summed E-state index contributed by atoms with van der Waals surface area (Å²) in [6.07, 6.45) is 5.70. The number of aliphatic carboxylic acids is 1. The highest BCUT2D eigenvalue weighted by Gasteiger charge is 2.25. The van der Waals surface area contributed by atoms with Gasteiger partial charge in [-0.25, -0.2) is 0 Å². The maximum atomic E-state index is 11.0. The Kier molecular flexibility index (Phi) is 4.01. The van der Waals surface area contributed by atoms with Gasteiger partial charge in [0.15, 0.2) is 0 Å². The molecule has 0 amide bonds. The largest absolute Gasteiger partial charge is 0.481 e. The molecular formula is C13H21N3O2. The number of carboxylic acids is 1. The summed E-state index contributed by atoms with van der Waals surface area (Å²) >= 11 is 0. The molecule has 1 aromatic rings. The Bertz CT molecular complexity index is 414. The third-order valence-corrected chi connectivity index (χ3v) is 3.45. The van der Waals surface area contributed by atoms with E-state index in [0.29, 0.717) is 12.6 Å². The van der Waals surface area contributed by atoms with Gasteiger partial charge in [0, 0.05) is 30.9 Å². The first kappa shape index (κ1) is 13.1. The molecule has 0 bridgehead atoms. The first-order valence-corrected chi connectivity index (χ1v) is 6.54. The average Bonchev–Trinajstić information content (AvgIpc) is 2.78. The van der Waals surface area contributed by atoms with Crippen LogP contribution in [-0.2, 0) is 11.3 Å². The second kappa shape index (κ2) is 5.52.